The summed E-state index contributed by atoms with van der Waals surface area (Å²) in [6.07, 6.45) is 1.22. The molecule has 0 radical (unpaired) electrons. The van der Waals surface area contributed by atoms with Crippen LogP contribution >= 0.6 is 11.8 Å². The van der Waals surface area contributed by atoms with Gasteiger partial charge in [-0.15, -0.1) is 0 Å². The van der Waals surface area contributed by atoms with E-state index in [-0.39, 0.29) is 28.7 Å². The summed E-state index contributed by atoms with van der Waals surface area (Å²) >= 11 is 0.871. The van der Waals surface area contributed by atoms with E-state index < -0.39 is 10.9 Å². The van der Waals surface area contributed by atoms with Gasteiger partial charge >= 0.3 is 5.97 Å². The summed E-state index contributed by atoms with van der Waals surface area (Å²) in [6.45, 7) is -0.0425. The van der Waals surface area contributed by atoms with Crippen molar-refractivity contribution in [2.24, 2.45) is 0 Å². The van der Waals surface area contributed by atoms with Crippen molar-refractivity contribution in [3.8, 4) is 11.5 Å². The molecule has 0 bridgehead atoms. The minimum atomic E-state index is -1.23. The molecule has 0 spiro atoms. The van der Waals surface area contributed by atoms with E-state index >= 15 is 0 Å². The van der Waals surface area contributed by atoms with Crippen LogP contribution in [0.25, 0.3) is 17.1 Å². The lowest BCUT2D eigenvalue weighted by Gasteiger charge is -2.03. The van der Waals surface area contributed by atoms with Crippen LogP contribution in [0.4, 0.5) is 5.69 Å². The minimum absolute atomic E-state index is 0.0425. The summed E-state index contributed by atoms with van der Waals surface area (Å²) in [7, 11) is 0. The maximum atomic E-state index is 11.7. The second-order valence-corrected chi connectivity index (χ2v) is 6.53. The molecule has 2 N–H and O–H groups in total. The van der Waals surface area contributed by atoms with E-state index in [4.69, 9.17) is 9.47 Å². The Morgan fingerprint density at radius 3 is 2.74 bits per heavy atom. The second-order valence-electron chi connectivity index (χ2n) is 5.50. The summed E-state index contributed by atoms with van der Waals surface area (Å²) in [5.41, 5.74) is 1.28. The number of fused-ring (bicyclic) bond motifs is 2. The van der Waals surface area contributed by atoms with Gasteiger partial charge in [-0.3, -0.25) is 10.1 Å². The van der Waals surface area contributed by atoms with Crippen molar-refractivity contribution in [2.75, 3.05) is 6.79 Å². The molecule has 1 aliphatic heterocycles. The maximum absolute atomic E-state index is 11.7. The first kappa shape index (κ1) is 16.9. The Labute approximate surface area is 155 Å². The smallest absolute Gasteiger partial charge is 0.342 e. The Bertz CT molecular complexity index is 1070. The Morgan fingerprint density at radius 2 is 2.04 bits per heavy atom. The Morgan fingerprint density at radius 1 is 1.30 bits per heavy atom. The van der Waals surface area contributed by atoms with Gasteiger partial charge in [-0.05, 0) is 36.0 Å². The molecule has 27 heavy (non-hydrogen) atoms. The number of nitrogens with zero attached hydrogens (tertiary/aromatic N) is 2. The van der Waals surface area contributed by atoms with E-state index in [1.165, 1.54) is 18.2 Å². The van der Waals surface area contributed by atoms with Gasteiger partial charge in [0, 0.05) is 0 Å². The molecular weight excluding hydrogens is 374 g/mol. The summed E-state index contributed by atoms with van der Waals surface area (Å²) in [5, 5.41) is 21.3. The molecule has 0 aliphatic carbocycles. The highest BCUT2D eigenvalue weighted by atomic mass is 32.2. The van der Waals surface area contributed by atoms with E-state index in [0.717, 1.165) is 17.3 Å². The second kappa shape index (κ2) is 6.65. The van der Waals surface area contributed by atoms with Crippen LogP contribution in [0.15, 0.2) is 46.5 Å². The number of imidazole rings is 1. The number of H-pyrrole nitrogens is 1. The lowest BCUT2D eigenvalue weighted by atomic mass is 10.1. The van der Waals surface area contributed by atoms with Gasteiger partial charge in [-0.2, -0.15) is 0 Å². The number of hydrogen-bond acceptors (Lipinski definition) is 7. The fraction of sp³-hybridized carbons (Fsp3) is 0.0588. The molecule has 0 atom stereocenters. The monoisotopic (exact) mass is 385 g/mol. The number of carbonyl (C=O) groups is 1. The van der Waals surface area contributed by atoms with Crippen LogP contribution < -0.4 is 9.47 Å². The van der Waals surface area contributed by atoms with Gasteiger partial charge in [-0.1, -0.05) is 12.1 Å². The average molecular weight is 385 g/mol. The average Bonchev–Trinajstić information content (AvgIpc) is 3.25. The first-order valence-electron chi connectivity index (χ1n) is 7.67. The maximum Gasteiger partial charge on any atom is 0.342 e. The predicted octanol–water partition coefficient (Wildman–Crippen LogP) is 3.42. The van der Waals surface area contributed by atoms with Crippen molar-refractivity contribution in [3.63, 3.8) is 0 Å². The normalized spacial score (nSPS) is 13.1. The standard InChI is InChI=1S/C17H11N3O6S/c21-16(22)15(27-17-18-10-3-1-2-4-11(10)19-17)6-9-5-13-14(26-8-25-13)7-12(9)20(23)24/h1-7H,8H2,(H,18,19)(H,21,22)/b15-6-. The number of nitro benzene ring substituents is 1. The van der Waals surface area contributed by atoms with Gasteiger partial charge in [0.1, 0.15) is 4.91 Å². The summed E-state index contributed by atoms with van der Waals surface area (Å²) < 4.78 is 10.4. The largest absolute Gasteiger partial charge is 0.477 e. The molecule has 1 aliphatic rings. The van der Waals surface area contributed by atoms with E-state index in [0.29, 0.717) is 16.4 Å². The molecule has 0 amide bonds. The first-order chi connectivity index (χ1) is 13.0. The highest BCUT2D eigenvalue weighted by molar-refractivity contribution is 8.04. The molecule has 1 aromatic heterocycles. The van der Waals surface area contributed by atoms with Crippen molar-refractivity contribution in [1.29, 1.82) is 0 Å². The number of thioether (sulfide) groups is 1. The van der Waals surface area contributed by atoms with Gasteiger partial charge in [0.2, 0.25) is 6.79 Å². The zero-order valence-corrected chi connectivity index (χ0v) is 14.4. The molecular formula is C17H11N3O6S. The number of para-hydroxylation sites is 2. The van der Waals surface area contributed by atoms with E-state index in [1.54, 1.807) is 6.07 Å². The molecule has 10 heteroatoms. The molecule has 0 saturated heterocycles. The number of rotatable bonds is 5. The van der Waals surface area contributed by atoms with Crippen LogP contribution in [0.5, 0.6) is 11.5 Å². The Kier molecular flexibility index (Phi) is 4.16. The third kappa shape index (κ3) is 3.29. The number of nitro groups is 1. The van der Waals surface area contributed by atoms with Gasteiger partial charge in [0.25, 0.3) is 5.69 Å². The van der Waals surface area contributed by atoms with Crippen LogP contribution in [0.1, 0.15) is 5.56 Å². The quantitative estimate of drug-likeness (QED) is 0.296. The Hall–Kier alpha value is -3.53. The van der Waals surface area contributed by atoms with Crippen LogP contribution in [-0.2, 0) is 4.79 Å². The summed E-state index contributed by atoms with van der Waals surface area (Å²) in [6, 6.07) is 9.88. The summed E-state index contributed by atoms with van der Waals surface area (Å²) in [5.74, 6) is -0.654. The molecule has 136 valence electrons. The van der Waals surface area contributed by atoms with Crippen LogP contribution in [0.2, 0.25) is 0 Å². The van der Waals surface area contributed by atoms with Crippen molar-refractivity contribution < 1.29 is 24.3 Å². The number of carboxylic acids is 1. The molecule has 2 heterocycles. The topological polar surface area (TPSA) is 128 Å². The summed E-state index contributed by atoms with van der Waals surface area (Å²) in [4.78, 5) is 29.6. The predicted molar refractivity (Wildman–Crippen MR) is 96.8 cm³/mol. The zero-order chi connectivity index (χ0) is 19.0. The van der Waals surface area contributed by atoms with Crippen LogP contribution in [-0.4, -0.2) is 32.8 Å². The van der Waals surface area contributed by atoms with Crippen molar-refractivity contribution in [2.45, 2.75) is 5.16 Å². The van der Waals surface area contributed by atoms with E-state index in [9.17, 15) is 20.0 Å². The van der Waals surface area contributed by atoms with Crippen LogP contribution in [0, 0.1) is 10.1 Å². The fourth-order valence-corrected chi connectivity index (χ4v) is 3.37. The number of ether oxygens (including phenoxy) is 2. The Balaban J connectivity index is 1.74. The van der Waals surface area contributed by atoms with Crippen molar-refractivity contribution >= 4 is 40.5 Å². The van der Waals surface area contributed by atoms with Crippen molar-refractivity contribution in [3.05, 3.63) is 57.0 Å². The number of benzene rings is 2. The zero-order valence-electron chi connectivity index (χ0n) is 13.5. The molecule has 0 saturated carbocycles. The SMILES string of the molecule is O=C(O)/C(=C/c1cc2c(cc1[N+](=O)[O-])OCO2)Sc1nc2ccccc2[nH]1. The number of aromatic nitrogens is 2. The molecule has 4 rings (SSSR count). The lowest BCUT2D eigenvalue weighted by molar-refractivity contribution is -0.385. The molecule has 3 aromatic rings. The number of carboxylic acid groups (broad SMARTS) is 1. The van der Waals surface area contributed by atoms with Crippen LogP contribution in [0.3, 0.4) is 0 Å². The first-order valence-corrected chi connectivity index (χ1v) is 8.48. The number of nitrogens with one attached hydrogen (secondary N) is 1. The van der Waals surface area contributed by atoms with Gasteiger partial charge in [-0.25, -0.2) is 9.78 Å². The molecule has 9 nitrogen and oxygen atoms in total. The third-order valence-electron chi connectivity index (χ3n) is 3.79. The highest BCUT2D eigenvalue weighted by Crippen LogP contribution is 2.39. The van der Waals surface area contributed by atoms with Crippen molar-refractivity contribution in [1.82, 2.24) is 9.97 Å². The number of aromatic amines is 1. The lowest BCUT2D eigenvalue weighted by Crippen LogP contribution is -1.99. The van der Waals surface area contributed by atoms with E-state index in [2.05, 4.69) is 9.97 Å². The fourth-order valence-electron chi connectivity index (χ4n) is 2.58. The van der Waals surface area contributed by atoms with Gasteiger partial charge in [0.05, 0.1) is 27.6 Å². The van der Waals surface area contributed by atoms with Gasteiger partial charge < -0.3 is 19.6 Å². The third-order valence-corrected chi connectivity index (χ3v) is 4.69. The molecule has 2 aromatic carbocycles. The molecule has 0 unspecified atom stereocenters. The number of hydrogen-bond donors (Lipinski definition) is 2. The van der Waals surface area contributed by atoms with E-state index in [1.807, 2.05) is 18.2 Å². The minimum Gasteiger partial charge on any atom is -0.477 e. The number of aliphatic carboxylic acids is 1. The highest BCUT2D eigenvalue weighted by Gasteiger charge is 2.24. The van der Waals surface area contributed by atoms with Gasteiger partial charge in [0.15, 0.2) is 16.7 Å². The molecule has 0 fully saturated rings.